The van der Waals surface area contributed by atoms with E-state index in [1.807, 2.05) is 18.2 Å². The molecule has 0 heterocycles. The van der Waals surface area contributed by atoms with Crippen molar-refractivity contribution in [3.63, 3.8) is 0 Å². The third-order valence-corrected chi connectivity index (χ3v) is 4.33. The third kappa shape index (κ3) is 3.14. The Bertz CT molecular complexity index is 417. The molecule has 20 heavy (non-hydrogen) atoms. The van der Waals surface area contributed by atoms with E-state index in [4.69, 9.17) is 15.3 Å². The van der Waals surface area contributed by atoms with Gasteiger partial charge in [0.1, 0.15) is 5.75 Å². The average Bonchev–Trinajstić information content (AvgIpc) is 2.95. The van der Waals surface area contributed by atoms with Gasteiger partial charge in [-0.15, -0.1) is 0 Å². The lowest BCUT2D eigenvalue weighted by molar-refractivity contribution is -0.0614. The number of ether oxygens (including phenoxy) is 2. The van der Waals surface area contributed by atoms with Gasteiger partial charge in [-0.1, -0.05) is 31.0 Å². The molecule has 4 heteroatoms. The van der Waals surface area contributed by atoms with Crippen molar-refractivity contribution in [3.8, 4) is 5.75 Å². The molecular formula is C16H26N2O2. The molecule has 0 spiro atoms. The molecule has 3 N–H and O–H groups in total. The van der Waals surface area contributed by atoms with E-state index >= 15 is 0 Å². The second kappa shape index (κ2) is 7.07. The van der Waals surface area contributed by atoms with E-state index in [0.717, 1.165) is 31.6 Å². The molecule has 0 aromatic heterocycles. The summed E-state index contributed by atoms with van der Waals surface area (Å²) in [6.07, 6.45) is 5.39. The Hall–Kier alpha value is -1.10. The molecule has 0 amide bonds. The number of hydrazine groups is 1. The van der Waals surface area contributed by atoms with Gasteiger partial charge in [0.25, 0.3) is 0 Å². The maximum absolute atomic E-state index is 6.11. The first kappa shape index (κ1) is 15.3. The SMILES string of the molecule is CCOC1(C(Cc2ccccc2OC)NN)CCCC1. The van der Waals surface area contributed by atoms with Crippen LogP contribution in [0.2, 0.25) is 0 Å². The highest BCUT2D eigenvalue weighted by Crippen LogP contribution is 2.37. The molecule has 0 bridgehead atoms. The monoisotopic (exact) mass is 278 g/mol. The van der Waals surface area contributed by atoms with Gasteiger partial charge < -0.3 is 9.47 Å². The van der Waals surface area contributed by atoms with E-state index in [9.17, 15) is 0 Å². The van der Waals surface area contributed by atoms with Crippen LogP contribution < -0.4 is 16.0 Å². The highest BCUT2D eigenvalue weighted by molar-refractivity contribution is 5.34. The number of rotatable bonds is 7. The number of methoxy groups -OCH3 is 1. The van der Waals surface area contributed by atoms with E-state index in [1.165, 1.54) is 18.4 Å². The van der Waals surface area contributed by atoms with Gasteiger partial charge in [-0.05, 0) is 37.8 Å². The lowest BCUT2D eigenvalue weighted by Crippen LogP contribution is -2.54. The fourth-order valence-corrected chi connectivity index (χ4v) is 3.34. The van der Waals surface area contributed by atoms with Gasteiger partial charge >= 0.3 is 0 Å². The van der Waals surface area contributed by atoms with Crippen LogP contribution in [0.5, 0.6) is 5.75 Å². The van der Waals surface area contributed by atoms with Crippen LogP contribution >= 0.6 is 0 Å². The first-order valence-corrected chi connectivity index (χ1v) is 7.47. The summed E-state index contributed by atoms with van der Waals surface area (Å²) in [5, 5.41) is 0. The van der Waals surface area contributed by atoms with Crippen LogP contribution in [0.25, 0.3) is 0 Å². The molecule has 0 saturated heterocycles. The molecule has 1 fully saturated rings. The van der Waals surface area contributed by atoms with Crippen molar-refractivity contribution in [2.75, 3.05) is 13.7 Å². The first-order chi connectivity index (χ1) is 9.75. The molecule has 1 saturated carbocycles. The number of para-hydroxylation sites is 1. The quantitative estimate of drug-likeness (QED) is 0.594. The average molecular weight is 278 g/mol. The van der Waals surface area contributed by atoms with Gasteiger partial charge in [-0.2, -0.15) is 0 Å². The molecule has 1 aromatic rings. The molecule has 0 radical (unpaired) electrons. The molecule has 1 aliphatic rings. The van der Waals surface area contributed by atoms with Gasteiger partial charge in [0.2, 0.25) is 0 Å². The summed E-state index contributed by atoms with van der Waals surface area (Å²) < 4.78 is 11.5. The van der Waals surface area contributed by atoms with E-state index < -0.39 is 0 Å². The molecule has 2 rings (SSSR count). The minimum absolute atomic E-state index is 0.112. The molecule has 1 aliphatic carbocycles. The van der Waals surface area contributed by atoms with Crippen LogP contribution in [0.15, 0.2) is 24.3 Å². The van der Waals surface area contributed by atoms with Crippen molar-refractivity contribution in [1.82, 2.24) is 5.43 Å². The van der Waals surface area contributed by atoms with Crippen LogP contribution in [0.3, 0.4) is 0 Å². The zero-order valence-corrected chi connectivity index (χ0v) is 12.5. The summed E-state index contributed by atoms with van der Waals surface area (Å²) in [7, 11) is 1.71. The van der Waals surface area contributed by atoms with Gasteiger partial charge in [-0.3, -0.25) is 11.3 Å². The number of hydrogen-bond acceptors (Lipinski definition) is 4. The summed E-state index contributed by atoms with van der Waals surface area (Å²) in [5.41, 5.74) is 4.02. The minimum atomic E-state index is -0.135. The predicted molar refractivity (Wildman–Crippen MR) is 80.6 cm³/mol. The summed E-state index contributed by atoms with van der Waals surface area (Å²) in [6, 6.07) is 8.22. The maximum atomic E-state index is 6.11. The Morgan fingerprint density at radius 2 is 2.00 bits per heavy atom. The molecule has 1 atom stereocenters. The van der Waals surface area contributed by atoms with E-state index in [-0.39, 0.29) is 11.6 Å². The Kier molecular flexibility index (Phi) is 5.40. The van der Waals surface area contributed by atoms with Gasteiger partial charge in [0.15, 0.2) is 0 Å². The summed E-state index contributed by atoms with van der Waals surface area (Å²) in [6.45, 7) is 2.78. The van der Waals surface area contributed by atoms with E-state index in [1.54, 1.807) is 7.11 Å². The van der Waals surface area contributed by atoms with Crippen LogP contribution in [0.1, 0.15) is 38.2 Å². The number of hydrogen-bond donors (Lipinski definition) is 2. The highest BCUT2D eigenvalue weighted by atomic mass is 16.5. The molecular weight excluding hydrogens is 252 g/mol. The Morgan fingerprint density at radius 1 is 1.30 bits per heavy atom. The van der Waals surface area contributed by atoms with Crippen LogP contribution in [0.4, 0.5) is 0 Å². The molecule has 4 nitrogen and oxygen atoms in total. The van der Waals surface area contributed by atoms with Gasteiger partial charge in [-0.25, -0.2) is 0 Å². The van der Waals surface area contributed by atoms with Crippen LogP contribution in [-0.2, 0) is 11.2 Å². The normalized spacial score (nSPS) is 18.9. The van der Waals surface area contributed by atoms with Crippen molar-refractivity contribution < 1.29 is 9.47 Å². The fraction of sp³-hybridized carbons (Fsp3) is 0.625. The van der Waals surface area contributed by atoms with Gasteiger partial charge in [0, 0.05) is 6.61 Å². The van der Waals surface area contributed by atoms with Gasteiger partial charge in [0.05, 0.1) is 18.8 Å². The fourth-order valence-electron chi connectivity index (χ4n) is 3.34. The van der Waals surface area contributed by atoms with Crippen LogP contribution in [-0.4, -0.2) is 25.4 Å². The maximum Gasteiger partial charge on any atom is 0.122 e. The Morgan fingerprint density at radius 3 is 2.60 bits per heavy atom. The molecule has 112 valence electrons. The van der Waals surface area contributed by atoms with E-state index in [2.05, 4.69) is 18.4 Å². The zero-order valence-electron chi connectivity index (χ0n) is 12.5. The van der Waals surface area contributed by atoms with Crippen molar-refractivity contribution in [1.29, 1.82) is 0 Å². The lowest BCUT2D eigenvalue weighted by Gasteiger charge is -2.37. The molecule has 0 aliphatic heterocycles. The number of nitrogens with two attached hydrogens (primary N) is 1. The third-order valence-electron chi connectivity index (χ3n) is 4.33. The second-order valence-corrected chi connectivity index (χ2v) is 5.44. The molecule has 1 unspecified atom stereocenters. The largest absolute Gasteiger partial charge is 0.496 e. The molecule has 1 aromatic carbocycles. The van der Waals surface area contributed by atoms with Crippen molar-refractivity contribution in [3.05, 3.63) is 29.8 Å². The Labute approximate surface area is 121 Å². The van der Waals surface area contributed by atoms with E-state index in [0.29, 0.717) is 0 Å². The highest BCUT2D eigenvalue weighted by Gasteiger charge is 2.41. The first-order valence-electron chi connectivity index (χ1n) is 7.47. The number of nitrogens with one attached hydrogen (secondary N) is 1. The number of benzene rings is 1. The summed E-state index contributed by atoms with van der Waals surface area (Å²) in [4.78, 5) is 0. The summed E-state index contributed by atoms with van der Waals surface area (Å²) >= 11 is 0. The van der Waals surface area contributed by atoms with Crippen LogP contribution in [0, 0.1) is 0 Å². The predicted octanol–water partition coefficient (Wildman–Crippen LogP) is 2.42. The minimum Gasteiger partial charge on any atom is -0.496 e. The zero-order chi connectivity index (χ0) is 14.4. The van der Waals surface area contributed by atoms with Crippen molar-refractivity contribution >= 4 is 0 Å². The summed E-state index contributed by atoms with van der Waals surface area (Å²) in [5.74, 6) is 6.75. The smallest absolute Gasteiger partial charge is 0.122 e. The lowest BCUT2D eigenvalue weighted by atomic mass is 9.87. The Balaban J connectivity index is 2.19. The topological polar surface area (TPSA) is 56.5 Å². The second-order valence-electron chi connectivity index (χ2n) is 5.44. The van der Waals surface area contributed by atoms with Crippen molar-refractivity contribution in [2.45, 2.75) is 50.7 Å². The van der Waals surface area contributed by atoms with Crippen molar-refractivity contribution in [2.24, 2.45) is 5.84 Å². The standard InChI is InChI=1S/C16H26N2O2/c1-3-20-16(10-6-7-11-16)15(18-17)12-13-8-4-5-9-14(13)19-2/h4-5,8-9,15,18H,3,6-7,10-12,17H2,1-2H3.